The van der Waals surface area contributed by atoms with Crippen LogP contribution in [0, 0.1) is 12.8 Å². The molecule has 4 heterocycles. The zero-order valence-electron chi connectivity index (χ0n) is 15.1. The summed E-state index contributed by atoms with van der Waals surface area (Å²) < 4.78 is 5.66. The molecule has 0 spiro atoms. The van der Waals surface area contributed by atoms with Crippen LogP contribution in [-0.2, 0) is 11.2 Å². The van der Waals surface area contributed by atoms with Crippen molar-refractivity contribution in [2.75, 3.05) is 30.3 Å². The van der Waals surface area contributed by atoms with Gasteiger partial charge in [-0.1, -0.05) is 0 Å². The fraction of sp³-hybridized carbons (Fsp3) is 0.526. The van der Waals surface area contributed by atoms with Crippen molar-refractivity contribution in [2.24, 2.45) is 5.92 Å². The van der Waals surface area contributed by atoms with Gasteiger partial charge in [0.05, 0.1) is 0 Å². The number of amides is 1. The van der Waals surface area contributed by atoms with Gasteiger partial charge in [0, 0.05) is 44.6 Å². The molecule has 26 heavy (non-hydrogen) atoms. The lowest BCUT2D eigenvalue weighted by atomic mass is 9.83. The van der Waals surface area contributed by atoms with Gasteiger partial charge in [-0.25, -0.2) is 9.97 Å². The molecular formula is C19H25N5O2. The molecule has 2 N–H and O–H groups in total. The Morgan fingerprint density at radius 2 is 2.19 bits per heavy atom. The van der Waals surface area contributed by atoms with E-state index in [-0.39, 0.29) is 5.91 Å². The van der Waals surface area contributed by atoms with Gasteiger partial charge in [-0.2, -0.15) is 0 Å². The highest BCUT2D eigenvalue weighted by Gasteiger charge is 2.39. The van der Waals surface area contributed by atoms with E-state index < -0.39 is 0 Å². The van der Waals surface area contributed by atoms with Crippen LogP contribution in [0.1, 0.15) is 30.8 Å². The second-order valence-electron chi connectivity index (χ2n) is 7.25. The largest absolute Gasteiger partial charge is 0.466 e. The van der Waals surface area contributed by atoms with E-state index in [1.54, 1.807) is 0 Å². The number of piperidine rings is 2. The van der Waals surface area contributed by atoms with Gasteiger partial charge in [0.15, 0.2) is 0 Å². The summed E-state index contributed by atoms with van der Waals surface area (Å²) in [6, 6.07) is 6.11. The average Bonchev–Trinajstić information content (AvgIpc) is 3.06. The molecule has 2 aromatic heterocycles. The number of carbonyl (C=O) groups is 1. The van der Waals surface area contributed by atoms with Crippen LogP contribution < -0.4 is 10.6 Å². The van der Waals surface area contributed by atoms with Crippen LogP contribution in [0.2, 0.25) is 0 Å². The number of nitrogens with zero attached hydrogens (tertiary/aromatic N) is 4. The quantitative estimate of drug-likeness (QED) is 0.903. The van der Waals surface area contributed by atoms with Crippen molar-refractivity contribution in [3.63, 3.8) is 0 Å². The highest BCUT2D eigenvalue weighted by molar-refractivity contribution is 5.77. The topological polar surface area (TPSA) is 88.5 Å². The zero-order valence-corrected chi connectivity index (χ0v) is 15.1. The summed E-state index contributed by atoms with van der Waals surface area (Å²) in [5, 5.41) is 0. The minimum Gasteiger partial charge on any atom is -0.466 e. The van der Waals surface area contributed by atoms with Crippen molar-refractivity contribution in [1.82, 2.24) is 14.9 Å². The standard InChI is InChI=1S/C19H25N5O2/c1-13-2-4-15(26-13)6-9-24-16-7-8-23(11-14(16)3-5-19(24)25)18-10-17(20)21-12-22-18/h2,4,10,12,14,16H,3,5-9,11H2,1H3,(H2,20,21,22)/t14-,16+/m0/s1. The Labute approximate surface area is 153 Å². The van der Waals surface area contributed by atoms with Crippen molar-refractivity contribution < 1.29 is 9.21 Å². The third-order valence-electron chi connectivity index (χ3n) is 5.54. The Morgan fingerprint density at radius 1 is 1.31 bits per heavy atom. The maximum absolute atomic E-state index is 12.5. The van der Waals surface area contributed by atoms with Gasteiger partial charge >= 0.3 is 0 Å². The lowest BCUT2D eigenvalue weighted by molar-refractivity contribution is -0.139. The van der Waals surface area contributed by atoms with Crippen molar-refractivity contribution in [1.29, 1.82) is 0 Å². The Morgan fingerprint density at radius 3 is 2.96 bits per heavy atom. The van der Waals surface area contributed by atoms with Crippen LogP contribution in [-0.4, -0.2) is 46.5 Å². The highest BCUT2D eigenvalue weighted by Crippen LogP contribution is 2.33. The molecule has 7 heteroatoms. The molecule has 0 bridgehead atoms. The van der Waals surface area contributed by atoms with Crippen molar-refractivity contribution in [3.05, 3.63) is 36.0 Å². The van der Waals surface area contributed by atoms with E-state index in [4.69, 9.17) is 10.2 Å². The van der Waals surface area contributed by atoms with Gasteiger partial charge in [-0.15, -0.1) is 0 Å². The first-order chi connectivity index (χ1) is 12.6. The van der Waals surface area contributed by atoms with Gasteiger partial charge in [0.1, 0.15) is 29.5 Å². The maximum Gasteiger partial charge on any atom is 0.222 e. The molecule has 0 aliphatic carbocycles. The van der Waals surface area contributed by atoms with Crippen molar-refractivity contribution in [2.45, 2.75) is 38.6 Å². The molecule has 0 aromatic carbocycles. The monoisotopic (exact) mass is 355 g/mol. The average molecular weight is 355 g/mol. The number of fused-ring (bicyclic) bond motifs is 1. The number of aromatic nitrogens is 2. The van der Waals surface area contributed by atoms with E-state index in [1.807, 2.05) is 25.1 Å². The Balaban J connectivity index is 1.43. The minimum atomic E-state index is 0.272. The van der Waals surface area contributed by atoms with Crippen LogP contribution in [0.5, 0.6) is 0 Å². The molecule has 2 atom stereocenters. The summed E-state index contributed by atoms with van der Waals surface area (Å²) in [4.78, 5) is 25.2. The molecule has 138 valence electrons. The number of carbonyl (C=O) groups excluding carboxylic acids is 1. The third-order valence-corrected chi connectivity index (χ3v) is 5.54. The number of likely N-dealkylation sites (tertiary alicyclic amines) is 1. The van der Waals surface area contributed by atoms with Crippen LogP contribution in [0.4, 0.5) is 11.6 Å². The van der Waals surface area contributed by atoms with E-state index in [2.05, 4.69) is 19.8 Å². The summed E-state index contributed by atoms with van der Waals surface area (Å²) >= 11 is 0. The van der Waals surface area contributed by atoms with Gasteiger partial charge in [0.2, 0.25) is 5.91 Å². The summed E-state index contributed by atoms with van der Waals surface area (Å²) in [7, 11) is 0. The number of aryl methyl sites for hydroxylation is 1. The molecule has 7 nitrogen and oxygen atoms in total. The van der Waals surface area contributed by atoms with Crippen LogP contribution in [0.15, 0.2) is 28.9 Å². The lowest BCUT2D eigenvalue weighted by Gasteiger charge is -2.47. The molecule has 0 radical (unpaired) electrons. The predicted octanol–water partition coefficient (Wildman–Crippen LogP) is 2.02. The SMILES string of the molecule is Cc1ccc(CCN2C(=O)CC[C@H]3CN(c4cc(N)ncn4)CC[C@H]32)o1. The molecule has 2 saturated heterocycles. The molecule has 2 aliphatic heterocycles. The first-order valence-electron chi connectivity index (χ1n) is 9.27. The lowest BCUT2D eigenvalue weighted by Crippen LogP contribution is -2.56. The predicted molar refractivity (Wildman–Crippen MR) is 98.6 cm³/mol. The number of anilines is 2. The third kappa shape index (κ3) is 3.38. The molecule has 0 unspecified atom stereocenters. The number of nitrogen functional groups attached to an aromatic ring is 1. The molecule has 2 aliphatic rings. The van der Waals surface area contributed by atoms with Crippen LogP contribution in [0.3, 0.4) is 0 Å². The Hall–Kier alpha value is -2.57. The van der Waals surface area contributed by atoms with E-state index in [0.717, 1.165) is 56.2 Å². The normalized spacial score (nSPS) is 23.2. The van der Waals surface area contributed by atoms with Crippen molar-refractivity contribution >= 4 is 17.5 Å². The summed E-state index contributed by atoms with van der Waals surface area (Å²) in [5.74, 6) is 3.98. The second kappa shape index (κ2) is 6.97. The Kier molecular flexibility index (Phi) is 4.53. The van der Waals surface area contributed by atoms with Gasteiger partial charge in [-0.3, -0.25) is 4.79 Å². The van der Waals surface area contributed by atoms with Gasteiger partial charge < -0.3 is 20.0 Å². The molecule has 0 saturated carbocycles. The van der Waals surface area contributed by atoms with Crippen LogP contribution >= 0.6 is 0 Å². The number of nitrogens with two attached hydrogens (primary N) is 1. The van der Waals surface area contributed by atoms with Gasteiger partial charge in [-0.05, 0) is 37.8 Å². The molecule has 1 amide bonds. The van der Waals surface area contributed by atoms with E-state index in [0.29, 0.717) is 24.2 Å². The number of hydrogen-bond acceptors (Lipinski definition) is 6. The van der Waals surface area contributed by atoms with E-state index in [9.17, 15) is 4.79 Å². The van der Waals surface area contributed by atoms with Crippen LogP contribution in [0.25, 0.3) is 0 Å². The summed E-state index contributed by atoms with van der Waals surface area (Å²) in [6.07, 6.45) is 4.81. The van der Waals surface area contributed by atoms with Crippen molar-refractivity contribution in [3.8, 4) is 0 Å². The van der Waals surface area contributed by atoms with Gasteiger partial charge in [0.25, 0.3) is 0 Å². The van der Waals surface area contributed by atoms with E-state index in [1.165, 1.54) is 6.33 Å². The fourth-order valence-corrected chi connectivity index (χ4v) is 4.23. The number of furan rings is 1. The summed E-state index contributed by atoms with van der Waals surface area (Å²) in [5.41, 5.74) is 5.79. The summed E-state index contributed by atoms with van der Waals surface area (Å²) in [6.45, 7) is 4.46. The zero-order chi connectivity index (χ0) is 18.1. The molecule has 4 rings (SSSR count). The first-order valence-corrected chi connectivity index (χ1v) is 9.27. The highest BCUT2D eigenvalue weighted by atomic mass is 16.3. The van der Waals surface area contributed by atoms with E-state index >= 15 is 0 Å². The molecular weight excluding hydrogens is 330 g/mol. The molecule has 2 fully saturated rings. The first kappa shape index (κ1) is 16.9. The molecule has 2 aromatic rings. The number of hydrogen-bond donors (Lipinski definition) is 1. The number of rotatable bonds is 4. The smallest absolute Gasteiger partial charge is 0.222 e. The minimum absolute atomic E-state index is 0.272. The fourth-order valence-electron chi connectivity index (χ4n) is 4.23. The second-order valence-corrected chi connectivity index (χ2v) is 7.25. The Bertz CT molecular complexity index is 790. The maximum atomic E-state index is 12.5.